The number of rotatable bonds is 3. The molecule has 0 radical (unpaired) electrons. The molecule has 1 aliphatic heterocycles. The molecule has 4 nitrogen and oxygen atoms in total. The fourth-order valence-electron chi connectivity index (χ4n) is 2.36. The summed E-state index contributed by atoms with van der Waals surface area (Å²) in [5, 5.41) is 6.71. The second-order valence-electron chi connectivity index (χ2n) is 6.24. The lowest BCUT2D eigenvalue weighted by Crippen LogP contribution is -2.40. The number of benzene rings is 1. The highest BCUT2D eigenvalue weighted by Crippen LogP contribution is 2.20. The van der Waals surface area contributed by atoms with Crippen LogP contribution in [0.25, 0.3) is 0 Å². The summed E-state index contributed by atoms with van der Waals surface area (Å²) in [4.78, 5) is 11.7. The van der Waals surface area contributed by atoms with Crippen molar-refractivity contribution < 1.29 is 9.53 Å². The van der Waals surface area contributed by atoms with Crippen molar-refractivity contribution in [2.45, 2.75) is 45.3 Å². The Kier molecular flexibility index (Phi) is 4.65. The van der Waals surface area contributed by atoms with E-state index in [2.05, 4.69) is 28.8 Å². The number of ether oxygens (including phenoxy) is 1. The number of fused-ring (bicyclic) bond motifs is 1. The average Bonchev–Trinajstić information content (AvgIpc) is 2.57. The molecule has 0 fully saturated rings. The molecule has 20 heavy (non-hydrogen) atoms. The van der Waals surface area contributed by atoms with E-state index in [4.69, 9.17) is 4.74 Å². The molecule has 110 valence electrons. The fraction of sp³-hybridized carbons (Fsp3) is 0.562. The molecule has 4 heteroatoms. The van der Waals surface area contributed by atoms with Gasteiger partial charge in [0.25, 0.3) is 0 Å². The van der Waals surface area contributed by atoms with E-state index in [0.29, 0.717) is 0 Å². The molecule has 0 amide bonds. The van der Waals surface area contributed by atoms with E-state index in [9.17, 15) is 4.79 Å². The van der Waals surface area contributed by atoms with Crippen LogP contribution < -0.4 is 10.6 Å². The SMILES string of the molecule is CC(C)(C)OC(=O)CN[C@H]1CCc2ccccc2NC1. The molecule has 0 saturated heterocycles. The maximum absolute atomic E-state index is 11.7. The summed E-state index contributed by atoms with van der Waals surface area (Å²) < 4.78 is 5.30. The zero-order valence-electron chi connectivity index (χ0n) is 12.5. The maximum atomic E-state index is 11.7. The average molecular weight is 276 g/mol. The first-order chi connectivity index (χ1) is 9.44. The summed E-state index contributed by atoms with van der Waals surface area (Å²) in [5.41, 5.74) is 2.12. The normalized spacial score (nSPS) is 18.6. The third kappa shape index (κ3) is 4.53. The Morgan fingerprint density at radius 3 is 2.90 bits per heavy atom. The Hall–Kier alpha value is -1.55. The molecule has 1 aromatic carbocycles. The van der Waals surface area contributed by atoms with Crippen molar-refractivity contribution in [3.8, 4) is 0 Å². The molecule has 0 aliphatic carbocycles. The highest BCUT2D eigenvalue weighted by atomic mass is 16.6. The lowest BCUT2D eigenvalue weighted by atomic mass is 10.1. The van der Waals surface area contributed by atoms with Gasteiger partial charge in [-0.05, 0) is 45.2 Å². The van der Waals surface area contributed by atoms with Gasteiger partial charge in [-0.15, -0.1) is 0 Å². The van der Waals surface area contributed by atoms with Gasteiger partial charge in [-0.25, -0.2) is 0 Å². The van der Waals surface area contributed by atoms with E-state index in [1.807, 2.05) is 26.8 Å². The monoisotopic (exact) mass is 276 g/mol. The highest BCUT2D eigenvalue weighted by molar-refractivity contribution is 5.72. The fourth-order valence-corrected chi connectivity index (χ4v) is 2.36. The predicted molar refractivity (Wildman–Crippen MR) is 80.9 cm³/mol. The minimum atomic E-state index is -0.420. The standard InChI is InChI=1S/C16H24N2O2/c1-16(2,3)20-15(19)11-17-13-9-8-12-6-4-5-7-14(12)18-10-13/h4-7,13,17-18H,8-11H2,1-3H3/t13-/m0/s1. The minimum Gasteiger partial charge on any atom is -0.459 e. The van der Waals surface area contributed by atoms with Crippen LogP contribution in [-0.2, 0) is 16.0 Å². The largest absolute Gasteiger partial charge is 0.459 e. The molecule has 0 spiro atoms. The summed E-state index contributed by atoms with van der Waals surface area (Å²) in [6, 6.07) is 8.65. The number of aryl methyl sites for hydroxylation is 1. The van der Waals surface area contributed by atoms with Gasteiger partial charge in [0.15, 0.2) is 0 Å². The number of carbonyl (C=O) groups excluding carboxylic acids is 1. The second-order valence-corrected chi connectivity index (χ2v) is 6.24. The zero-order valence-corrected chi connectivity index (χ0v) is 12.5. The smallest absolute Gasteiger partial charge is 0.320 e. The van der Waals surface area contributed by atoms with Gasteiger partial charge >= 0.3 is 5.97 Å². The van der Waals surface area contributed by atoms with Crippen LogP contribution in [0.15, 0.2) is 24.3 Å². The first kappa shape index (κ1) is 14.9. The number of hydrogen-bond acceptors (Lipinski definition) is 4. The first-order valence-electron chi connectivity index (χ1n) is 7.21. The van der Waals surface area contributed by atoms with Gasteiger partial charge in [-0.3, -0.25) is 4.79 Å². The van der Waals surface area contributed by atoms with Crippen molar-refractivity contribution >= 4 is 11.7 Å². The Bertz CT molecular complexity index is 439. The number of hydrogen-bond donors (Lipinski definition) is 2. The van der Waals surface area contributed by atoms with Crippen molar-refractivity contribution in [3.63, 3.8) is 0 Å². The van der Waals surface area contributed by atoms with Gasteiger partial charge in [0.1, 0.15) is 5.60 Å². The molecule has 0 aromatic heterocycles. The van der Waals surface area contributed by atoms with Crippen LogP contribution >= 0.6 is 0 Å². The second kappa shape index (κ2) is 6.27. The summed E-state index contributed by atoms with van der Waals surface area (Å²) in [6.45, 7) is 6.75. The number of carbonyl (C=O) groups is 1. The molecule has 2 rings (SSSR count). The molecule has 0 unspecified atom stereocenters. The summed E-state index contributed by atoms with van der Waals surface area (Å²) >= 11 is 0. The van der Waals surface area contributed by atoms with E-state index in [-0.39, 0.29) is 18.6 Å². The van der Waals surface area contributed by atoms with Crippen LogP contribution in [-0.4, -0.2) is 30.7 Å². The first-order valence-corrected chi connectivity index (χ1v) is 7.21. The Labute approximate surface area is 120 Å². The minimum absolute atomic E-state index is 0.195. The highest BCUT2D eigenvalue weighted by Gasteiger charge is 2.19. The lowest BCUT2D eigenvalue weighted by molar-refractivity contribution is -0.153. The van der Waals surface area contributed by atoms with Gasteiger partial charge in [0.05, 0.1) is 6.54 Å². The van der Waals surface area contributed by atoms with Crippen molar-refractivity contribution in [1.29, 1.82) is 0 Å². The van der Waals surface area contributed by atoms with Gasteiger partial charge in [0.2, 0.25) is 0 Å². The lowest BCUT2D eigenvalue weighted by Gasteiger charge is -2.21. The van der Waals surface area contributed by atoms with Crippen LogP contribution in [0, 0.1) is 0 Å². The summed E-state index contributed by atoms with van der Waals surface area (Å²) in [7, 11) is 0. The number of para-hydroxylation sites is 1. The van der Waals surface area contributed by atoms with Crippen molar-refractivity contribution in [2.24, 2.45) is 0 Å². The molecular formula is C16H24N2O2. The van der Waals surface area contributed by atoms with Crippen LogP contribution in [0.3, 0.4) is 0 Å². The Morgan fingerprint density at radius 2 is 2.15 bits per heavy atom. The molecule has 1 atom stereocenters. The van der Waals surface area contributed by atoms with E-state index in [1.54, 1.807) is 0 Å². The topological polar surface area (TPSA) is 50.4 Å². The third-order valence-corrected chi connectivity index (χ3v) is 3.27. The van der Waals surface area contributed by atoms with E-state index in [1.165, 1.54) is 11.3 Å². The molecule has 2 N–H and O–H groups in total. The van der Waals surface area contributed by atoms with Crippen LogP contribution in [0.4, 0.5) is 5.69 Å². The molecule has 1 aliphatic rings. The third-order valence-electron chi connectivity index (χ3n) is 3.27. The summed E-state index contributed by atoms with van der Waals surface area (Å²) in [5.74, 6) is -0.195. The van der Waals surface area contributed by atoms with Crippen LogP contribution in [0.5, 0.6) is 0 Å². The Morgan fingerprint density at radius 1 is 1.40 bits per heavy atom. The van der Waals surface area contributed by atoms with E-state index < -0.39 is 5.60 Å². The van der Waals surface area contributed by atoms with Crippen molar-refractivity contribution in [3.05, 3.63) is 29.8 Å². The van der Waals surface area contributed by atoms with E-state index >= 15 is 0 Å². The molecule has 0 saturated carbocycles. The number of anilines is 1. The Balaban J connectivity index is 1.80. The molecule has 0 bridgehead atoms. The van der Waals surface area contributed by atoms with Crippen LogP contribution in [0.1, 0.15) is 32.8 Å². The number of esters is 1. The molecule has 1 heterocycles. The van der Waals surface area contributed by atoms with Gasteiger partial charge in [-0.2, -0.15) is 0 Å². The zero-order chi connectivity index (χ0) is 14.6. The van der Waals surface area contributed by atoms with Gasteiger partial charge in [0, 0.05) is 18.3 Å². The van der Waals surface area contributed by atoms with Gasteiger partial charge < -0.3 is 15.4 Å². The van der Waals surface area contributed by atoms with Crippen LogP contribution in [0.2, 0.25) is 0 Å². The van der Waals surface area contributed by atoms with Gasteiger partial charge in [-0.1, -0.05) is 18.2 Å². The van der Waals surface area contributed by atoms with E-state index in [0.717, 1.165) is 19.4 Å². The maximum Gasteiger partial charge on any atom is 0.320 e. The quantitative estimate of drug-likeness (QED) is 0.832. The van der Waals surface area contributed by atoms with Crippen molar-refractivity contribution in [2.75, 3.05) is 18.4 Å². The molecular weight excluding hydrogens is 252 g/mol. The molecule has 1 aromatic rings. The summed E-state index contributed by atoms with van der Waals surface area (Å²) in [6.07, 6.45) is 2.04. The number of nitrogens with one attached hydrogen (secondary N) is 2. The predicted octanol–water partition coefficient (Wildman–Crippen LogP) is 2.34. The van der Waals surface area contributed by atoms with Crippen molar-refractivity contribution in [1.82, 2.24) is 5.32 Å².